The van der Waals surface area contributed by atoms with Gasteiger partial charge in [0.25, 0.3) is 0 Å². The number of anilines is 1. The molecule has 2 rings (SSSR count). The Kier molecular flexibility index (Phi) is 4.85. The number of nitrogens with two attached hydrogens (primary N) is 1. The van der Waals surface area contributed by atoms with Gasteiger partial charge in [0, 0.05) is 17.1 Å². The van der Waals surface area contributed by atoms with Gasteiger partial charge in [0.15, 0.2) is 11.5 Å². The smallest absolute Gasteiger partial charge is 0.163 e. The maximum Gasteiger partial charge on any atom is 0.163 e. The second kappa shape index (κ2) is 6.63. The van der Waals surface area contributed by atoms with Crippen molar-refractivity contribution in [3.05, 3.63) is 23.4 Å². The number of aromatic nitrogens is 1. The molecule has 5 heteroatoms. The summed E-state index contributed by atoms with van der Waals surface area (Å²) in [6, 6.07) is 3.86. The number of fused-ring (bicyclic) bond motifs is 1. The van der Waals surface area contributed by atoms with Crippen LogP contribution in [0, 0.1) is 6.92 Å². The predicted octanol–water partition coefficient (Wildman–Crippen LogP) is 3.19. The third-order valence-corrected chi connectivity index (χ3v) is 3.47. The van der Waals surface area contributed by atoms with Gasteiger partial charge in [0.05, 0.1) is 24.4 Å². The summed E-state index contributed by atoms with van der Waals surface area (Å²) in [5.41, 5.74) is 6.64. The van der Waals surface area contributed by atoms with Gasteiger partial charge in [0.2, 0.25) is 0 Å². The Bertz CT molecular complexity index is 641. The van der Waals surface area contributed by atoms with E-state index in [4.69, 9.17) is 20.3 Å². The molecule has 0 spiro atoms. The fourth-order valence-electron chi connectivity index (χ4n) is 2.48. The van der Waals surface area contributed by atoms with E-state index < -0.39 is 0 Å². The summed E-state index contributed by atoms with van der Waals surface area (Å²) in [5.74, 6) is 7.14. The highest BCUT2D eigenvalue weighted by molar-refractivity contribution is 5.95. The molecule has 0 aliphatic rings. The molecule has 0 aliphatic heterocycles. The molecule has 0 bridgehead atoms. The molecule has 0 radical (unpaired) electrons. The van der Waals surface area contributed by atoms with Gasteiger partial charge in [-0.1, -0.05) is 6.92 Å². The minimum atomic E-state index is 0.580. The first-order valence-electron chi connectivity index (χ1n) is 7.35. The zero-order valence-electron chi connectivity index (χ0n) is 13.1. The zero-order chi connectivity index (χ0) is 15.4. The summed E-state index contributed by atoms with van der Waals surface area (Å²) >= 11 is 0. The van der Waals surface area contributed by atoms with Crippen LogP contribution in [0.2, 0.25) is 0 Å². The molecule has 21 heavy (non-hydrogen) atoms. The molecule has 1 heterocycles. The number of nitrogens with one attached hydrogen (secondary N) is 1. The van der Waals surface area contributed by atoms with Crippen molar-refractivity contribution in [1.29, 1.82) is 0 Å². The van der Waals surface area contributed by atoms with Crippen LogP contribution in [-0.2, 0) is 6.42 Å². The highest BCUT2D eigenvalue weighted by atomic mass is 16.5. The fraction of sp³-hybridized carbons (Fsp3) is 0.438. The quantitative estimate of drug-likeness (QED) is 0.631. The molecular weight excluding hydrogens is 266 g/mol. The number of hydrogen-bond donors (Lipinski definition) is 2. The Morgan fingerprint density at radius 3 is 2.24 bits per heavy atom. The first kappa shape index (κ1) is 15.4. The zero-order valence-corrected chi connectivity index (χ0v) is 13.1. The van der Waals surface area contributed by atoms with Gasteiger partial charge in [-0.25, -0.2) is 0 Å². The highest BCUT2D eigenvalue weighted by Crippen LogP contribution is 2.37. The molecule has 1 aromatic carbocycles. The van der Waals surface area contributed by atoms with E-state index in [1.54, 1.807) is 0 Å². The van der Waals surface area contributed by atoms with Crippen LogP contribution in [-0.4, -0.2) is 18.2 Å². The highest BCUT2D eigenvalue weighted by Gasteiger charge is 2.14. The lowest BCUT2D eigenvalue weighted by Gasteiger charge is -2.16. The molecule has 114 valence electrons. The van der Waals surface area contributed by atoms with Gasteiger partial charge < -0.3 is 14.9 Å². The first-order chi connectivity index (χ1) is 10.2. The van der Waals surface area contributed by atoms with Gasteiger partial charge in [-0.3, -0.25) is 10.8 Å². The van der Waals surface area contributed by atoms with E-state index in [1.807, 2.05) is 32.9 Å². The van der Waals surface area contributed by atoms with Crippen LogP contribution in [0.1, 0.15) is 32.0 Å². The topological polar surface area (TPSA) is 69.4 Å². The van der Waals surface area contributed by atoms with Crippen molar-refractivity contribution in [2.45, 2.75) is 34.1 Å². The van der Waals surface area contributed by atoms with Crippen LogP contribution in [0.25, 0.3) is 10.9 Å². The Morgan fingerprint density at radius 1 is 1.10 bits per heavy atom. The van der Waals surface area contributed by atoms with Gasteiger partial charge in [0.1, 0.15) is 0 Å². The molecule has 0 saturated carbocycles. The predicted molar refractivity (Wildman–Crippen MR) is 86.0 cm³/mol. The van der Waals surface area contributed by atoms with Crippen molar-refractivity contribution in [1.82, 2.24) is 4.98 Å². The second-order valence-electron chi connectivity index (χ2n) is 4.74. The van der Waals surface area contributed by atoms with Gasteiger partial charge >= 0.3 is 0 Å². The SMILES string of the molecule is CCOc1cc2nc(CC)c(C)c(NN)c2cc1OCC. The average Bonchev–Trinajstić information content (AvgIpc) is 2.48. The molecule has 1 aromatic heterocycles. The van der Waals surface area contributed by atoms with Crippen LogP contribution >= 0.6 is 0 Å². The summed E-state index contributed by atoms with van der Waals surface area (Å²) in [7, 11) is 0. The Labute approximate surface area is 125 Å². The molecule has 0 amide bonds. The lowest BCUT2D eigenvalue weighted by atomic mass is 10.0. The lowest BCUT2D eigenvalue weighted by molar-refractivity contribution is 0.288. The number of nitrogen functional groups attached to an aromatic ring is 1. The third kappa shape index (κ3) is 2.88. The number of hydrazine groups is 1. The van der Waals surface area contributed by atoms with Gasteiger partial charge in [-0.15, -0.1) is 0 Å². The lowest BCUT2D eigenvalue weighted by Crippen LogP contribution is -2.11. The minimum Gasteiger partial charge on any atom is -0.490 e. The first-order valence-corrected chi connectivity index (χ1v) is 7.35. The van der Waals surface area contributed by atoms with Crippen molar-refractivity contribution in [3.8, 4) is 11.5 Å². The van der Waals surface area contributed by atoms with Crippen LogP contribution in [0.3, 0.4) is 0 Å². The molecule has 5 nitrogen and oxygen atoms in total. The van der Waals surface area contributed by atoms with E-state index in [1.165, 1.54) is 0 Å². The molecule has 0 atom stereocenters. The summed E-state index contributed by atoms with van der Waals surface area (Å²) in [6.45, 7) is 9.17. The molecule has 3 N–H and O–H groups in total. The van der Waals surface area contributed by atoms with Crippen LogP contribution in [0.15, 0.2) is 12.1 Å². The van der Waals surface area contributed by atoms with Crippen LogP contribution in [0.5, 0.6) is 11.5 Å². The van der Waals surface area contributed by atoms with Gasteiger partial charge in [-0.2, -0.15) is 0 Å². The summed E-state index contributed by atoms with van der Waals surface area (Å²) in [5, 5.41) is 0.944. The van der Waals surface area contributed by atoms with Crippen molar-refractivity contribution in [3.63, 3.8) is 0 Å². The van der Waals surface area contributed by atoms with E-state index in [0.29, 0.717) is 24.7 Å². The Hall–Kier alpha value is -2.01. The fourth-order valence-corrected chi connectivity index (χ4v) is 2.48. The second-order valence-corrected chi connectivity index (χ2v) is 4.74. The number of benzene rings is 1. The monoisotopic (exact) mass is 289 g/mol. The molecule has 0 fully saturated rings. The van der Waals surface area contributed by atoms with Crippen LogP contribution in [0.4, 0.5) is 5.69 Å². The van der Waals surface area contributed by atoms with E-state index in [0.717, 1.165) is 34.3 Å². The number of rotatable bonds is 6. The molecule has 2 aromatic rings. The van der Waals surface area contributed by atoms with Crippen LogP contribution < -0.4 is 20.7 Å². The molecular formula is C16H23N3O2. The molecule has 0 unspecified atom stereocenters. The summed E-state index contributed by atoms with van der Waals surface area (Å²) in [6.07, 6.45) is 0.855. The van der Waals surface area contributed by atoms with Crippen molar-refractivity contribution in [2.75, 3.05) is 18.6 Å². The van der Waals surface area contributed by atoms with E-state index in [2.05, 4.69) is 12.3 Å². The number of pyridine rings is 1. The van der Waals surface area contributed by atoms with Gasteiger partial charge in [-0.05, 0) is 38.8 Å². The maximum absolute atomic E-state index is 5.71. The maximum atomic E-state index is 5.71. The standard InChI is InChI=1S/C16H23N3O2/c1-5-12-10(4)16(19-17)11-8-14(20-6-2)15(21-7-3)9-13(11)18-12/h8-9H,5-7,17H2,1-4H3,(H,18,19). The third-order valence-electron chi connectivity index (χ3n) is 3.47. The number of aryl methyl sites for hydroxylation is 1. The molecule has 0 aliphatic carbocycles. The number of ether oxygens (including phenoxy) is 2. The number of hydrogen-bond acceptors (Lipinski definition) is 5. The Balaban J connectivity index is 2.73. The largest absolute Gasteiger partial charge is 0.490 e. The average molecular weight is 289 g/mol. The van der Waals surface area contributed by atoms with Crippen molar-refractivity contribution in [2.24, 2.45) is 5.84 Å². The summed E-state index contributed by atoms with van der Waals surface area (Å²) < 4.78 is 11.3. The van der Waals surface area contributed by atoms with E-state index >= 15 is 0 Å². The van der Waals surface area contributed by atoms with Crippen molar-refractivity contribution >= 4 is 16.6 Å². The summed E-state index contributed by atoms with van der Waals surface area (Å²) in [4.78, 5) is 4.71. The number of nitrogens with zero attached hydrogens (tertiary/aromatic N) is 1. The van der Waals surface area contributed by atoms with E-state index in [-0.39, 0.29) is 0 Å². The molecule has 0 saturated heterocycles. The Morgan fingerprint density at radius 2 is 1.71 bits per heavy atom. The normalized spacial score (nSPS) is 10.7. The minimum absolute atomic E-state index is 0.580. The van der Waals surface area contributed by atoms with E-state index in [9.17, 15) is 0 Å². The van der Waals surface area contributed by atoms with Crippen molar-refractivity contribution < 1.29 is 9.47 Å².